The van der Waals surface area contributed by atoms with Gasteiger partial charge in [-0.2, -0.15) is 0 Å². The number of nitrogens with zero attached hydrogens (tertiary/aromatic N) is 1. The van der Waals surface area contributed by atoms with Crippen molar-refractivity contribution in [2.75, 3.05) is 13.1 Å². The van der Waals surface area contributed by atoms with Crippen molar-refractivity contribution in [2.45, 2.75) is 72.5 Å². The number of carbonyl (C=O) groups is 1. The van der Waals surface area contributed by atoms with Gasteiger partial charge in [0.15, 0.2) is 0 Å². The Hall–Kier alpha value is -1.42. The van der Waals surface area contributed by atoms with Crippen LogP contribution in [0.1, 0.15) is 60.8 Å². The van der Waals surface area contributed by atoms with Gasteiger partial charge < -0.3 is 14.4 Å². The number of allylic oxidation sites excluding steroid dienone is 5. The third-order valence-corrected chi connectivity index (χ3v) is 4.37. The van der Waals surface area contributed by atoms with Crippen molar-refractivity contribution in [1.29, 1.82) is 0 Å². The largest absolute Gasteiger partial charge is 0.490 e. The molecule has 4 nitrogen and oxygen atoms in total. The summed E-state index contributed by atoms with van der Waals surface area (Å²) in [7, 11) is 0. The van der Waals surface area contributed by atoms with Crippen LogP contribution in [0.3, 0.4) is 0 Å². The molecule has 0 aliphatic carbocycles. The normalized spacial score (nSPS) is 18.4. The average molecular weight is 370 g/mol. The second-order valence-electron chi connectivity index (χ2n) is 7.31. The predicted molar refractivity (Wildman–Crippen MR) is 104 cm³/mol. The summed E-state index contributed by atoms with van der Waals surface area (Å²) in [5.41, 5.74) is 0.666. The number of ether oxygens (including phenoxy) is 2. The SMILES string of the molecule is C\C=C/C(=C\C(Cl)=C(/C)CC)OC1CCN(C(=O)OC(C)(C)C)CC1. The van der Waals surface area contributed by atoms with E-state index in [9.17, 15) is 4.79 Å². The lowest BCUT2D eigenvalue weighted by atomic mass is 10.1. The highest BCUT2D eigenvalue weighted by molar-refractivity contribution is 6.31. The van der Waals surface area contributed by atoms with Gasteiger partial charge in [-0.1, -0.05) is 30.2 Å². The number of carbonyl (C=O) groups excluding carboxylic acids is 1. The summed E-state index contributed by atoms with van der Waals surface area (Å²) in [5.74, 6) is 0.760. The molecule has 5 heteroatoms. The Bertz CT molecular complexity index is 536. The van der Waals surface area contributed by atoms with Crippen molar-refractivity contribution in [3.05, 3.63) is 34.6 Å². The summed E-state index contributed by atoms with van der Waals surface area (Å²) >= 11 is 6.33. The number of hydrogen-bond acceptors (Lipinski definition) is 3. The van der Waals surface area contributed by atoms with Crippen LogP contribution in [0.5, 0.6) is 0 Å². The van der Waals surface area contributed by atoms with E-state index in [4.69, 9.17) is 21.1 Å². The molecule has 0 unspecified atom stereocenters. The fraction of sp³-hybridized carbons (Fsp3) is 0.650. The van der Waals surface area contributed by atoms with Gasteiger partial charge in [-0.15, -0.1) is 0 Å². The molecule has 0 atom stereocenters. The second kappa shape index (κ2) is 9.91. The highest BCUT2D eigenvalue weighted by Crippen LogP contribution is 2.22. The minimum Gasteiger partial charge on any atom is -0.490 e. The van der Waals surface area contributed by atoms with E-state index in [1.54, 1.807) is 4.90 Å². The van der Waals surface area contributed by atoms with Crippen LogP contribution in [0.25, 0.3) is 0 Å². The summed E-state index contributed by atoms with van der Waals surface area (Å²) in [6, 6.07) is 0. The maximum atomic E-state index is 12.1. The van der Waals surface area contributed by atoms with Gasteiger partial charge in [-0.05, 0) is 53.2 Å². The van der Waals surface area contributed by atoms with Gasteiger partial charge in [0.05, 0.1) is 0 Å². The highest BCUT2D eigenvalue weighted by atomic mass is 35.5. The third kappa shape index (κ3) is 8.00. The molecule has 0 N–H and O–H groups in total. The zero-order valence-electron chi connectivity index (χ0n) is 16.4. The molecule has 142 valence electrons. The first-order valence-electron chi connectivity index (χ1n) is 9.00. The van der Waals surface area contributed by atoms with Crippen LogP contribution in [0.2, 0.25) is 0 Å². The summed E-state index contributed by atoms with van der Waals surface area (Å²) in [5, 5.41) is 0.724. The molecule has 25 heavy (non-hydrogen) atoms. The Morgan fingerprint density at radius 1 is 1.28 bits per heavy atom. The number of likely N-dealkylation sites (tertiary alicyclic amines) is 1. The van der Waals surface area contributed by atoms with Crippen molar-refractivity contribution in [2.24, 2.45) is 0 Å². The minimum atomic E-state index is -0.466. The molecule has 1 amide bonds. The van der Waals surface area contributed by atoms with Crippen molar-refractivity contribution in [3.8, 4) is 0 Å². The fourth-order valence-corrected chi connectivity index (χ4v) is 2.62. The molecule has 1 heterocycles. The zero-order valence-corrected chi connectivity index (χ0v) is 17.2. The topological polar surface area (TPSA) is 38.8 Å². The molecule has 0 saturated carbocycles. The third-order valence-electron chi connectivity index (χ3n) is 3.93. The molecule has 1 saturated heterocycles. The van der Waals surface area contributed by atoms with E-state index >= 15 is 0 Å². The van der Waals surface area contributed by atoms with Crippen molar-refractivity contribution in [1.82, 2.24) is 4.90 Å². The number of piperidine rings is 1. The molecule has 1 fully saturated rings. The van der Waals surface area contributed by atoms with Crippen LogP contribution in [0.15, 0.2) is 34.6 Å². The quantitative estimate of drug-likeness (QED) is 0.455. The average Bonchev–Trinajstić information content (AvgIpc) is 2.53. The minimum absolute atomic E-state index is 0.0764. The maximum absolute atomic E-state index is 12.1. The van der Waals surface area contributed by atoms with Crippen LogP contribution >= 0.6 is 11.6 Å². The molecule has 0 bridgehead atoms. The smallest absolute Gasteiger partial charge is 0.410 e. The molecule has 0 aromatic heterocycles. The highest BCUT2D eigenvalue weighted by Gasteiger charge is 2.27. The van der Waals surface area contributed by atoms with E-state index in [1.165, 1.54) is 0 Å². The summed E-state index contributed by atoms with van der Waals surface area (Å²) in [4.78, 5) is 13.9. The predicted octanol–water partition coefficient (Wildman–Crippen LogP) is 5.79. The number of rotatable bonds is 5. The van der Waals surface area contributed by atoms with Crippen LogP contribution in [0, 0.1) is 0 Å². The van der Waals surface area contributed by atoms with E-state index in [0.29, 0.717) is 13.1 Å². The lowest BCUT2D eigenvalue weighted by Crippen LogP contribution is -2.43. The molecule has 0 aromatic carbocycles. The Labute approximate surface area is 157 Å². The van der Waals surface area contributed by atoms with Crippen LogP contribution < -0.4 is 0 Å². The molecule has 0 aromatic rings. The summed E-state index contributed by atoms with van der Waals surface area (Å²) < 4.78 is 11.5. The standard InChI is InChI=1S/C20H32ClNO3/c1-7-9-17(14-18(21)15(3)8-2)24-16-10-12-22(13-11-16)19(23)25-20(4,5)6/h7,9,14,16H,8,10-13H2,1-6H3/b9-7-,17-14+,18-15-. The first-order valence-corrected chi connectivity index (χ1v) is 9.38. The Kier molecular flexibility index (Phi) is 8.57. The van der Waals surface area contributed by atoms with Crippen molar-refractivity contribution >= 4 is 17.7 Å². The van der Waals surface area contributed by atoms with Crippen LogP contribution in [-0.2, 0) is 9.47 Å². The number of amides is 1. The van der Waals surface area contributed by atoms with Gasteiger partial charge in [-0.3, -0.25) is 0 Å². The van der Waals surface area contributed by atoms with E-state index in [-0.39, 0.29) is 12.2 Å². The van der Waals surface area contributed by atoms with Gasteiger partial charge in [0.1, 0.15) is 17.5 Å². The molecule has 1 rings (SSSR count). The summed E-state index contributed by atoms with van der Waals surface area (Å²) in [6.45, 7) is 13.0. The van der Waals surface area contributed by atoms with Crippen LogP contribution in [0.4, 0.5) is 4.79 Å². The van der Waals surface area contributed by atoms with Gasteiger partial charge in [0.2, 0.25) is 0 Å². The number of halogens is 1. The monoisotopic (exact) mass is 369 g/mol. The van der Waals surface area contributed by atoms with Gasteiger partial charge >= 0.3 is 6.09 Å². The van der Waals surface area contributed by atoms with Crippen molar-refractivity contribution in [3.63, 3.8) is 0 Å². The molecule has 1 aliphatic rings. The zero-order chi connectivity index (χ0) is 19.0. The molecular formula is C20H32ClNO3. The lowest BCUT2D eigenvalue weighted by Gasteiger charge is -2.33. The lowest BCUT2D eigenvalue weighted by molar-refractivity contribution is 0.00557. The molecule has 0 spiro atoms. The Balaban J connectivity index is 2.64. The number of hydrogen-bond donors (Lipinski definition) is 0. The van der Waals surface area contributed by atoms with E-state index < -0.39 is 5.60 Å². The molecular weight excluding hydrogens is 338 g/mol. The molecule has 0 radical (unpaired) electrons. The first kappa shape index (κ1) is 21.6. The van der Waals surface area contributed by atoms with Crippen molar-refractivity contribution < 1.29 is 14.3 Å². The fourth-order valence-electron chi connectivity index (χ4n) is 2.38. The van der Waals surface area contributed by atoms with Gasteiger partial charge in [0, 0.05) is 31.0 Å². The van der Waals surface area contributed by atoms with E-state index in [2.05, 4.69) is 6.92 Å². The van der Waals surface area contributed by atoms with Crippen LogP contribution in [-0.4, -0.2) is 35.8 Å². The van der Waals surface area contributed by atoms with Gasteiger partial charge in [0.25, 0.3) is 0 Å². The van der Waals surface area contributed by atoms with Gasteiger partial charge in [-0.25, -0.2) is 4.79 Å². The second-order valence-corrected chi connectivity index (χ2v) is 7.72. The molecule has 1 aliphatic heterocycles. The van der Waals surface area contributed by atoms with E-state index in [0.717, 1.165) is 35.6 Å². The Morgan fingerprint density at radius 2 is 1.88 bits per heavy atom. The maximum Gasteiger partial charge on any atom is 0.410 e. The summed E-state index contributed by atoms with van der Waals surface area (Å²) in [6.07, 6.45) is 8.03. The Morgan fingerprint density at radius 3 is 2.36 bits per heavy atom. The first-order chi connectivity index (χ1) is 11.7. The van der Waals surface area contributed by atoms with E-state index in [1.807, 2.05) is 52.8 Å².